The van der Waals surface area contributed by atoms with Crippen LogP contribution < -0.4 is 10.0 Å². The highest BCUT2D eigenvalue weighted by Gasteiger charge is 2.25. The Balaban J connectivity index is 1.67. The molecule has 1 fully saturated rings. The van der Waals surface area contributed by atoms with Crippen LogP contribution in [0.15, 0.2) is 23.1 Å². The van der Waals surface area contributed by atoms with Crippen molar-refractivity contribution in [3.05, 3.63) is 23.8 Å². The predicted octanol–water partition coefficient (Wildman–Crippen LogP) is 1.72. The third-order valence-electron chi connectivity index (χ3n) is 4.73. The zero-order valence-corrected chi connectivity index (χ0v) is 14.9. The van der Waals surface area contributed by atoms with Crippen LogP contribution in [0.3, 0.4) is 0 Å². The highest BCUT2D eigenvalue weighted by Crippen LogP contribution is 2.26. The summed E-state index contributed by atoms with van der Waals surface area (Å²) in [5.74, 6) is -0.0185. The number of anilines is 1. The molecule has 0 bridgehead atoms. The van der Waals surface area contributed by atoms with E-state index in [1.807, 2.05) is 0 Å². The lowest BCUT2D eigenvalue weighted by atomic mass is 10.0. The second-order valence-electron chi connectivity index (χ2n) is 6.60. The minimum atomic E-state index is -3.52. The van der Waals surface area contributed by atoms with E-state index in [1.54, 1.807) is 18.2 Å². The fourth-order valence-corrected chi connectivity index (χ4v) is 4.76. The number of nitrogens with one attached hydrogen (secondary N) is 2. The second-order valence-corrected chi connectivity index (χ2v) is 8.32. The molecule has 0 aromatic heterocycles. The minimum absolute atomic E-state index is 0.00107. The number of carbonyl (C=O) groups excluding carboxylic acids is 1. The van der Waals surface area contributed by atoms with Crippen molar-refractivity contribution in [1.29, 1.82) is 0 Å². The fourth-order valence-electron chi connectivity index (χ4n) is 3.41. The van der Waals surface area contributed by atoms with Crippen molar-refractivity contribution < 1.29 is 13.2 Å². The summed E-state index contributed by atoms with van der Waals surface area (Å²) in [4.78, 5) is 14.1. The molecule has 0 aliphatic carbocycles. The van der Waals surface area contributed by atoms with Crippen molar-refractivity contribution >= 4 is 21.6 Å². The Labute approximate surface area is 143 Å². The summed E-state index contributed by atoms with van der Waals surface area (Å²) in [6.07, 6.45) is 3.81. The first-order valence-electron chi connectivity index (χ1n) is 8.65. The second kappa shape index (κ2) is 7.21. The van der Waals surface area contributed by atoms with Crippen LogP contribution in [-0.4, -0.2) is 44.9 Å². The van der Waals surface area contributed by atoms with Gasteiger partial charge >= 0.3 is 0 Å². The molecular weight excluding hydrogens is 326 g/mol. The van der Waals surface area contributed by atoms with Crippen LogP contribution in [0.25, 0.3) is 0 Å². The SMILES string of the molecule is CCCN1CCC(NS(=O)(=O)c2ccc3c(c2)CCC(=O)N3)CC1. The number of amides is 1. The Morgan fingerprint density at radius 3 is 2.71 bits per heavy atom. The number of aryl methyl sites for hydroxylation is 1. The van der Waals surface area contributed by atoms with Crippen molar-refractivity contribution in [2.75, 3.05) is 25.0 Å². The molecule has 24 heavy (non-hydrogen) atoms. The number of benzene rings is 1. The lowest BCUT2D eigenvalue weighted by molar-refractivity contribution is -0.116. The Morgan fingerprint density at radius 1 is 1.25 bits per heavy atom. The number of likely N-dealkylation sites (tertiary alicyclic amines) is 1. The lowest BCUT2D eigenvalue weighted by Crippen LogP contribution is -2.44. The highest BCUT2D eigenvalue weighted by molar-refractivity contribution is 7.89. The van der Waals surface area contributed by atoms with Gasteiger partial charge in [-0.3, -0.25) is 4.79 Å². The smallest absolute Gasteiger partial charge is 0.240 e. The molecule has 2 aliphatic rings. The van der Waals surface area contributed by atoms with E-state index in [2.05, 4.69) is 21.9 Å². The van der Waals surface area contributed by atoms with E-state index in [9.17, 15) is 13.2 Å². The van der Waals surface area contributed by atoms with E-state index in [0.29, 0.717) is 12.8 Å². The van der Waals surface area contributed by atoms with E-state index in [1.165, 1.54) is 0 Å². The average molecular weight is 351 g/mol. The number of piperidine rings is 1. The maximum atomic E-state index is 12.6. The van der Waals surface area contributed by atoms with Crippen LogP contribution >= 0.6 is 0 Å². The molecule has 0 saturated carbocycles. The molecule has 0 radical (unpaired) electrons. The first-order valence-corrected chi connectivity index (χ1v) is 10.1. The summed E-state index contributed by atoms with van der Waals surface area (Å²) in [7, 11) is -3.52. The number of nitrogens with zero attached hydrogens (tertiary/aromatic N) is 1. The summed E-state index contributed by atoms with van der Waals surface area (Å²) in [6.45, 7) is 5.12. The molecule has 132 valence electrons. The van der Waals surface area contributed by atoms with Gasteiger partial charge in [0, 0.05) is 18.2 Å². The normalized spacial score (nSPS) is 19.8. The Hall–Kier alpha value is -1.44. The molecule has 7 heteroatoms. The summed E-state index contributed by atoms with van der Waals surface area (Å²) >= 11 is 0. The van der Waals surface area contributed by atoms with Gasteiger partial charge in [-0.1, -0.05) is 6.92 Å². The zero-order valence-electron chi connectivity index (χ0n) is 14.0. The number of hydrogen-bond acceptors (Lipinski definition) is 4. The maximum Gasteiger partial charge on any atom is 0.240 e. The van der Waals surface area contributed by atoms with E-state index >= 15 is 0 Å². The van der Waals surface area contributed by atoms with Crippen LogP contribution in [0.5, 0.6) is 0 Å². The molecule has 0 unspecified atom stereocenters. The molecule has 1 aromatic rings. The molecule has 2 heterocycles. The summed E-state index contributed by atoms with van der Waals surface area (Å²) in [5, 5.41) is 2.78. The molecule has 0 spiro atoms. The van der Waals surface area contributed by atoms with Gasteiger partial charge in [-0.15, -0.1) is 0 Å². The summed E-state index contributed by atoms with van der Waals surface area (Å²) < 4.78 is 28.1. The summed E-state index contributed by atoms with van der Waals surface area (Å²) in [5.41, 5.74) is 1.60. The van der Waals surface area contributed by atoms with Crippen molar-refractivity contribution in [2.24, 2.45) is 0 Å². The first kappa shape index (κ1) is 17.4. The fraction of sp³-hybridized carbons (Fsp3) is 0.588. The van der Waals surface area contributed by atoms with Gasteiger partial charge in [0.05, 0.1) is 4.90 Å². The van der Waals surface area contributed by atoms with Gasteiger partial charge in [-0.2, -0.15) is 0 Å². The molecule has 6 nitrogen and oxygen atoms in total. The van der Waals surface area contributed by atoms with Gasteiger partial charge < -0.3 is 10.2 Å². The van der Waals surface area contributed by atoms with Crippen LogP contribution in [0, 0.1) is 0 Å². The Morgan fingerprint density at radius 2 is 2.00 bits per heavy atom. The first-order chi connectivity index (χ1) is 11.5. The molecule has 3 rings (SSSR count). The zero-order chi connectivity index (χ0) is 17.2. The van der Waals surface area contributed by atoms with Crippen molar-refractivity contribution in [1.82, 2.24) is 9.62 Å². The average Bonchev–Trinajstić information content (AvgIpc) is 2.56. The topological polar surface area (TPSA) is 78.5 Å². The van der Waals surface area contributed by atoms with Crippen molar-refractivity contribution in [3.8, 4) is 0 Å². The number of sulfonamides is 1. The van der Waals surface area contributed by atoms with Gasteiger partial charge in [0.1, 0.15) is 0 Å². The van der Waals surface area contributed by atoms with E-state index in [0.717, 1.165) is 50.1 Å². The van der Waals surface area contributed by atoms with Gasteiger partial charge in [0.2, 0.25) is 15.9 Å². The highest BCUT2D eigenvalue weighted by atomic mass is 32.2. The lowest BCUT2D eigenvalue weighted by Gasteiger charge is -2.32. The van der Waals surface area contributed by atoms with Crippen LogP contribution in [0.1, 0.15) is 38.2 Å². The standard InChI is InChI=1S/C17H25N3O3S/c1-2-9-20-10-7-14(8-11-20)19-24(22,23)15-4-5-16-13(12-15)3-6-17(21)18-16/h4-5,12,14,19H,2-3,6-11H2,1H3,(H,18,21). The molecular formula is C17H25N3O3S. The molecule has 1 saturated heterocycles. The molecule has 0 atom stereocenters. The maximum absolute atomic E-state index is 12.6. The van der Waals surface area contributed by atoms with Gasteiger partial charge in [0.25, 0.3) is 0 Å². The van der Waals surface area contributed by atoms with E-state index in [-0.39, 0.29) is 16.8 Å². The minimum Gasteiger partial charge on any atom is -0.326 e. The molecule has 2 aliphatic heterocycles. The van der Waals surface area contributed by atoms with Crippen molar-refractivity contribution in [2.45, 2.75) is 50.0 Å². The van der Waals surface area contributed by atoms with Crippen LogP contribution in [0.4, 0.5) is 5.69 Å². The largest absolute Gasteiger partial charge is 0.326 e. The predicted molar refractivity (Wildman–Crippen MR) is 93.5 cm³/mol. The van der Waals surface area contributed by atoms with Gasteiger partial charge in [0.15, 0.2) is 0 Å². The summed E-state index contributed by atoms with van der Waals surface area (Å²) in [6, 6.07) is 4.94. The Kier molecular flexibility index (Phi) is 5.22. The number of rotatable bonds is 5. The van der Waals surface area contributed by atoms with E-state index < -0.39 is 10.0 Å². The van der Waals surface area contributed by atoms with Crippen molar-refractivity contribution in [3.63, 3.8) is 0 Å². The third-order valence-corrected chi connectivity index (χ3v) is 6.25. The van der Waals surface area contributed by atoms with Gasteiger partial charge in [-0.25, -0.2) is 13.1 Å². The number of carbonyl (C=O) groups is 1. The quantitative estimate of drug-likeness (QED) is 0.847. The molecule has 1 aromatic carbocycles. The molecule has 2 N–H and O–H groups in total. The van der Waals surface area contributed by atoms with E-state index in [4.69, 9.17) is 0 Å². The van der Waals surface area contributed by atoms with Gasteiger partial charge in [-0.05, 0) is 69.1 Å². The third kappa shape index (κ3) is 3.96. The van der Waals surface area contributed by atoms with Crippen LogP contribution in [0.2, 0.25) is 0 Å². The number of fused-ring (bicyclic) bond motifs is 1. The Bertz CT molecular complexity index is 710. The number of hydrogen-bond donors (Lipinski definition) is 2. The van der Waals surface area contributed by atoms with Crippen LogP contribution in [-0.2, 0) is 21.2 Å². The molecule has 1 amide bonds. The monoisotopic (exact) mass is 351 g/mol.